The van der Waals surface area contributed by atoms with Crippen LogP contribution in [0.4, 0.5) is 17.6 Å². The molecule has 0 unspecified atom stereocenters. The van der Waals surface area contributed by atoms with Gasteiger partial charge in [0.2, 0.25) is 0 Å². The van der Waals surface area contributed by atoms with Crippen LogP contribution in [0.2, 0.25) is 0 Å². The number of nitrogens with zero attached hydrogens (tertiary/aromatic N) is 8. The summed E-state index contributed by atoms with van der Waals surface area (Å²) in [7, 11) is 0. The number of halogens is 4. The number of para-hydroxylation sites is 2. The third kappa shape index (κ3) is 8.11. The van der Waals surface area contributed by atoms with Crippen LogP contribution in [0, 0.1) is 23.3 Å². The van der Waals surface area contributed by atoms with Gasteiger partial charge in [0.15, 0.2) is 10.9 Å². The van der Waals surface area contributed by atoms with Gasteiger partial charge in [-0.05, 0) is 66.2 Å². The van der Waals surface area contributed by atoms with E-state index in [-0.39, 0.29) is 81.3 Å². The van der Waals surface area contributed by atoms with E-state index in [1.807, 2.05) is 0 Å². The van der Waals surface area contributed by atoms with Crippen molar-refractivity contribution in [3.05, 3.63) is 179 Å². The molecule has 0 fully saturated rings. The van der Waals surface area contributed by atoms with Gasteiger partial charge in [-0.1, -0.05) is 29.4 Å². The van der Waals surface area contributed by atoms with Crippen molar-refractivity contribution >= 4 is 21.8 Å². The predicted molar refractivity (Wildman–Crippen MR) is 170 cm³/mol. The molecule has 0 amide bonds. The van der Waals surface area contributed by atoms with Crippen molar-refractivity contribution in [2.24, 2.45) is 10.8 Å². The molecule has 16 heteroatoms. The minimum absolute atomic E-state index is 0. The van der Waals surface area contributed by atoms with Gasteiger partial charge < -0.3 is 25.9 Å². The molecule has 236 valence electrons. The zero-order valence-corrected chi connectivity index (χ0v) is 27.1. The first-order valence-corrected chi connectivity index (χ1v) is 13.5. The smallest absolute Gasteiger partial charge is 0.373 e. The minimum Gasteiger partial charge on any atom is -0.373 e. The molecule has 4 aromatic carbocycles. The van der Waals surface area contributed by atoms with Gasteiger partial charge in [0, 0.05) is 45.7 Å². The molecule has 0 saturated heterocycles. The van der Waals surface area contributed by atoms with Crippen molar-refractivity contribution in [2.45, 2.75) is 13.1 Å². The number of benzene rings is 4. The fraction of sp³-hybridized carbons (Fsp3) is 0.0625. The second kappa shape index (κ2) is 17.0. The maximum atomic E-state index is 14.1. The first-order valence-electron chi connectivity index (χ1n) is 13.5. The van der Waals surface area contributed by atoms with Gasteiger partial charge in [0.25, 0.3) is 0 Å². The Morgan fingerprint density at radius 2 is 1.08 bits per heavy atom. The summed E-state index contributed by atoms with van der Waals surface area (Å²) in [5.41, 5.74) is 28.4. The molecular formula is C32H22F4N9NaO2. The van der Waals surface area contributed by atoms with Crippen LogP contribution in [-0.2, 0) is 13.1 Å². The normalized spacial score (nSPS) is 10.0. The summed E-state index contributed by atoms with van der Waals surface area (Å²) in [5.74, 6) is -2.01. The third-order valence-electron chi connectivity index (χ3n) is 6.83. The summed E-state index contributed by atoms with van der Waals surface area (Å²) in [6.07, 6.45) is 2.83. The van der Waals surface area contributed by atoms with Gasteiger partial charge in [-0.2, -0.15) is 0 Å². The summed E-state index contributed by atoms with van der Waals surface area (Å²) in [6, 6.07) is 19.5. The number of hydrogen-bond donors (Lipinski definition) is 1. The van der Waals surface area contributed by atoms with Crippen LogP contribution in [0.15, 0.2) is 112 Å². The van der Waals surface area contributed by atoms with Crippen molar-refractivity contribution in [3.8, 4) is 11.4 Å². The average molecular weight is 664 g/mol. The van der Waals surface area contributed by atoms with Crippen molar-refractivity contribution in [1.29, 1.82) is 0 Å². The molecule has 0 spiro atoms. The van der Waals surface area contributed by atoms with E-state index >= 15 is 0 Å². The fourth-order valence-corrected chi connectivity index (χ4v) is 4.76. The average Bonchev–Trinajstić information content (AvgIpc) is 3.06. The first-order chi connectivity index (χ1) is 22.6. The van der Waals surface area contributed by atoms with Crippen LogP contribution in [0.1, 0.15) is 11.1 Å². The number of nitrogens with two attached hydrogens (primary N) is 1. The number of fused-ring (bicyclic) bond motifs is 2. The van der Waals surface area contributed by atoms with Gasteiger partial charge in [-0.25, -0.2) is 17.6 Å². The van der Waals surface area contributed by atoms with E-state index in [9.17, 15) is 27.2 Å². The zero-order valence-electron chi connectivity index (χ0n) is 25.1. The Morgan fingerprint density at radius 3 is 1.50 bits per heavy atom. The Hall–Kier alpha value is -5.40. The minimum atomic E-state index is -0.537. The number of hydrogen-bond acceptors (Lipinski definition) is 4. The molecule has 0 atom stereocenters. The maximum Gasteiger partial charge on any atom is 1.00 e. The molecule has 0 bridgehead atoms. The predicted octanol–water partition coefficient (Wildman–Crippen LogP) is 4.68. The quantitative estimate of drug-likeness (QED) is 0.0928. The van der Waals surface area contributed by atoms with E-state index in [1.54, 1.807) is 24.3 Å². The number of rotatable bonds is 5. The standard InChI is InChI=1S/C16H10F2N4O.C16H12F2N2O.N3.Na/c17-11-5-6-12-15(7-11)22(14-4-2-1-3-13(14)18)9-10(16(12)23)8-20-21-19;17-11-5-6-12-15(7-11)20(9-10(8-19)16(12)21)14-4-2-1-3-13(14)18;1-3-2;/h1-7,9H,8H2;1-7,9H,8,19H2;;/q;;-1;+1. The molecule has 6 aromatic rings. The van der Waals surface area contributed by atoms with Gasteiger partial charge in [-0.15, -0.1) is 0 Å². The molecule has 0 radical (unpaired) electrons. The molecule has 2 N–H and O–H groups in total. The SMILES string of the molecule is NCc1cn(-c2ccccc2F)c2cc(F)ccc2c1=O.[N-]=[N+]=NCc1cn(-c2ccccc2F)c2cc(F)ccc2c1=O.[N-]=[N+]=[N-].[Na+]. The summed E-state index contributed by atoms with van der Waals surface area (Å²) >= 11 is 0. The van der Waals surface area contributed by atoms with Crippen LogP contribution in [-0.4, -0.2) is 9.13 Å². The van der Waals surface area contributed by atoms with Crippen LogP contribution in [0.25, 0.3) is 59.6 Å². The molecule has 0 aliphatic carbocycles. The molecule has 0 aliphatic rings. The molecule has 6 rings (SSSR count). The molecule has 2 heterocycles. The Labute approximate surface area is 290 Å². The van der Waals surface area contributed by atoms with E-state index in [1.165, 1.54) is 81.0 Å². The Morgan fingerprint density at radius 1 is 0.667 bits per heavy atom. The van der Waals surface area contributed by atoms with E-state index in [2.05, 4.69) is 10.0 Å². The summed E-state index contributed by atoms with van der Waals surface area (Å²) in [6.45, 7) is -0.141. The van der Waals surface area contributed by atoms with E-state index < -0.39 is 23.3 Å². The van der Waals surface area contributed by atoms with Gasteiger partial charge in [0.1, 0.15) is 23.3 Å². The van der Waals surface area contributed by atoms with E-state index in [0.717, 1.165) is 6.07 Å². The second-order valence-corrected chi connectivity index (χ2v) is 9.62. The van der Waals surface area contributed by atoms with Crippen LogP contribution < -0.4 is 46.1 Å². The van der Waals surface area contributed by atoms with E-state index in [4.69, 9.17) is 22.3 Å². The van der Waals surface area contributed by atoms with Crippen LogP contribution in [0.3, 0.4) is 0 Å². The van der Waals surface area contributed by atoms with E-state index in [0.29, 0.717) is 16.5 Å². The van der Waals surface area contributed by atoms with Gasteiger partial charge in [0.05, 0.1) is 29.0 Å². The molecular weight excluding hydrogens is 641 g/mol. The van der Waals surface area contributed by atoms with Crippen molar-refractivity contribution < 1.29 is 47.1 Å². The zero-order chi connectivity index (χ0) is 34.1. The Bertz CT molecular complexity index is 2320. The van der Waals surface area contributed by atoms with Gasteiger partial charge >= 0.3 is 29.6 Å². The third-order valence-corrected chi connectivity index (χ3v) is 6.83. The monoisotopic (exact) mass is 663 g/mol. The molecule has 2 aromatic heterocycles. The second-order valence-electron chi connectivity index (χ2n) is 9.62. The summed E-state index contributed by atoms with van der Waals surface area (Å²) < 4.78 is 58.1. The fourth-order valence-electron chi connectivity index (χ4n) is 4.76. The van der Waals surface area contributed by atoms with Crippen LogP contribution in [0.5, 0.6) is 0 Å². The largest absolute Gasteiger partial charge is 1.00 e. The maximum absolute atomic E-state index is 14.1. The molecule has 0 aliphatic heterocycles. The van der Waals surface area contributed by atoms with Crippen LogP contribution >= 0.6 is 0 Å². The number of aromatic nitrogens is 2. The van der Waals surface area contributed by atoms with Crippen molar-refractivity contribution in [3.63, 3.8) is 0 Å². The topological polar surface area (TPSA) is 177 Å². The first kappa shape index (κ1) is 37.1. The molecule has 11 nitrogen and oxygen atoms in total. The number of azide groups is 1. The summed E-state index contributed by atoms with van der Waals surface area (Å²) in [5, 5.41) is 3.91. The van der Waals surface area contributed by atoms with Gasteiger partial charge in [-0.3, -0.25) is 14.5 Å². The summed E-state index contributed by atoms with van der Waals surface area (Å²) in [4.78, 5) is 28.8. The number of pyridine rings is 2. The Balaban J connectivity index is 0.000000237. The van der Waals surface area contributed by atoms with Crippen molar-refractivity contribution in [1.82, 2.24) is 9.13 Å². The molecule has 48 heavy (non-hydrogen) atoms. The molecule has 0 saturated carbocycles. The Kier molecular flexibility index (Phi) is 13.1. The van der Waals surface area contributed by atoms with Crippen molar-refractivity contribution in [2.75, 3.05) is 0 Å².